The van der Waals surface area contributed by atoms with E-state index < -0.39 is 0 Å². The Kier molecular flexibility index (Phi) is 5.60. The number of nitrogens with zero attached hydrogens (tertiary/aromatic N) is 7. The summed E-state index contributed by atoms with van der Waals surface area (Å²) in [5.41, 5.74) is 3.52. The Balaban J connectivity index is 1.37. The van der Waals surface area contributed by atoms with Crippen LogP contribution in [0.3, 0.4) is 0 Å². The number of benzene rings is 1. The van der Waals surface area contributed by atoms with E-state index in [4.69, 9.17) is 4.98 Å². The summed E-state index contributed by atoms with van der Waals surface area (Å²) < 4.78 is 2.05. The second-order valence-electron chi connectivity index (χ2n) is 8.60. The highest BCUT2D eigenvalue weighted by molar-refractivity contribution is 5.98. The third kappa shape index (κ3) is 4.34. The zero-order chi connectivity index (χ0) is 22.9. The Morgan fingerprint density at radius 3 is 2.55 bits per heavy atom. The minimum atomic E-state index is -0.00876. The fourth-order valence-electron chi connectivity index (χ4n) is 4.12. The highest BCUT2D eigenvalue weighted by Crippen LogP contribution is 2.24. The number of aryl methyl sites for hydroxylation is 1. The molecule has 1 aromatic carbocycles. The molecule has 0 radical (unpaired) electrons. The molecule has 0 saturated carbocycles. The number of likely N-dealkylation sites (N-methyl/N-ethyl adjacent to an activating group) is 1. The molecular formula is C25H27N7O. The number of fused-ring (bicyclic) bond motifs is 1. The van der Waals surface area contributed by atoms with E-state index in [1.54, 1.807) is 18.5 Å². The Labute approximate surface area is 192 Å². The molecule has 168 valence electrons. The van der Waals surface area contributed by atoms with Gasteiger partial charge in [-0.25, -0.2) is 19.9 Å². The molecule has 8 heteroatoms. The van der Waals surface area contributed by atoms with Gasteiger partial charge < -0.3 is 14.4 Å². The number of Topliss-reactive ketones (excluding diaryl/α,β-unsaturated/α-hetero) is 1. The molecule has 0 bridgehead atoms. The van der Waals surface area contributed by atoms with Crippen molar-refractivity contribution in [2.45, 2.75) is 13.3 Å². The number of hydrogen-bond donors (Lipinski definition) is 0. The lowest BCUT2D eigenvalue weighted by Gasteiger charge is -2.33. The normalized spacial score (nSPS) is 14.7. The van der Waals surface area contributed by atoms with Gasteiger partial charge in [0.2, 0.25) is 0 Å². The predicted octanol–water partition coefficient (Wildman–Crippen LogP) is 2.91. The second-order valence-corrected chi connectivity index (χ2v) is 8.60. The Bertz CT molecular complexity index is 1320. The number of hydrogen-bond acceptors (Lipinski definition) is 7. The SMILES string of the molecule is Cc1ncc(-c2ccc3cnc(CC(=O)c4ccnc(N5CCN(C)CC5)c4)nc3c2)n1C. The Morgan fingerprint density at radius 1 is 0.970 bits per heavy atom. The van der Waals surface area contributed by atoms with Crippen LogP contribution in [0.1, 0.15) is 22.0 Å². The van der Waals surface area contributed by atoms with Crippen LogP contribution in [-0.4, -0.2) is 68.4 Å². The first-order chi connectivity index (χ1) is 16.0. The average Bonchev–Trinajstić information content (AvgIpc) is 3.17. The van der Waals surface area contributed by atoms with Gasteiger partial charge in [-0.1, -0.05) is 12.1 Å². The zero-order valence-corrected chi connectivity index (χ0v) is 19.2. The predicted molar refractivity (Wildman–Crippen MR) is 128 cm³/mol. The van der Waals surface area contributed by atoms with Crippen LogP contribution in [0.15, 0.2) is 48.9 Å². The van der Waals surface area contributed by atoms with Gasteiger partial charge >= 0.3 is 0 Å². The van der Waals surface area contributed by atoms with Crippen molar-refractivity contribution >= 4 is 22.5 Å². The second kappa shape index (κ2) is 8.71. The molecule has 8 nitrogen and oxygen atoms in total. The lowest BCUT2D eigenvalue weighted by Crippen LogP contribution is -2.44. The van der Waals surface area contributed by atoms with E-state index in [0.29, 0.717) is 11.4 Å². The number of pyridine rings is 1. The summed E-state index contributed by atoms with van der Waals surface area (Å²) in [6.07, 6.45) is 5.51. The van der Waals surface area contributed by atoms with Gasteiger partial charge in [-0.3, -0.25) is 4.79 Å². The maximum Gasteiger partial charge on any atom is 0.170 e. The van der Waals surface area contributed by atoms with Gasteiger partial charge in [0.15, 0.2) is 5.78 Å². The van der Waals surface area contributed by atoms with Crippen LogP contribution >= 0.6 is 0 Å². The minimum absolute atomic E-state index is 0.00876. The van der Waals surface area contributed by atoms with Gasteiger partial charge in [0.25, 0.3) is 0 Å². The number of rotatable bonds is 5. The molecule has 33 heavy (non-hydrogen) atoms. The number of carbonyl (C=O) groups is 1. The van der Waals surface area contributed by atoms with E-state index in [9.17, 15) is 4.79 Å². The van der Waals surface area contributed by atoms with E-state index in [1.165, 1.54) is 0 Å². The highest BCUT2D eigenvalue weighted by Gasteiger charge is 2.17. The largest absolute Gasteiger partial charge is 0.354 e. The number of piperazine rings is 1. The molecule has 1 aliphatic rings. The van der Waals surface area contributed by atoms with Gasteiger partial charge in [0, 0.05) is 62.1 Å². The molecule has 0 amide bonds. The monoisotopic (exact) mass is 441 g/mol. The van der Waals surface area contributed by atoms with Gasteiger partial charge in [-0.2, -0.15) is 0 Å². The van der Waals surface area contributed by atoms with Crippen LogP contribution < -0.4 is 4.90 Å². The van der Waals surface area contributed by atoms with Crippen LogP contribution in [-0.2, 0) is 13.5 Å². The fourth-order valence-corrected chi connectivity index (χ4v) is 4.12. The number of anilines is 1. The van der Waals surface area contributed by atoms with Gasteiger partial charge in [-0.05, 0) is 32.2 Å². The minimum Gasteiger partial charge on any atom is -0.354 e. The third-order valence-electron chi connectivity index (χ3n) is 6.36. The zero-order valence-electron chi connectivity index (χ0n) is 19.2. The standard InChI is InChI=1S/C25H27N7O/c1-17-27-16-22(31(17)3)18-4-5-20-15-28-24(29-21(20)12-18)14-23(33)19-6-7-26-25(13-19)32-10-8-30(2)9-11-32/h4-7,12-13,15-16H,8-11,14H2,1-3H3. The Morgan fingerprint density at radius 2 is 1.79 bits per heavy atom. The van der Waals surface area contributed by atoms with Gasteiger partial charge in [0.1, 0.15) is 17.5 Å². The van der Waals surface area contributed by atoms with Crippen molar-refractivity contribution in [1.82, 2.24) is 29.4 Å². The van der Waals surface area contributed by atoms with Crippen molar-refractivity contribution in [2.24, 2.45) is 7.05 Å². The molecule has 1 fully saturated rings. The molecule has 3 aromatic heterocycles. The molecule has 4 aromatic rings. The summed E-state index contributed by atoms with van der Waals surface area (Å²) in [6, 6.07) is 9.73. The van der Waals surface area contributed by atoms with Crippen molar-refractivity contribution in [3.05, 3.63) is 66.1 Å². The smallest absolute Gasteiger partial charge is 0.170 e. The van der Waals surface area contributed by atoms with Crippen LogP contribution in [0, 0.1) is 6.92 Å². The Hall–Kier alpha value is -3.65. The summed E-state index contributed by atoms with van der Waals surface area (Å²) in [4.78, 5) is 35.5. The summed E-state index contributed by atoms with van der Waals surface area (Å²) >= 11 is 0. The molecule has 0 aliphatic carbocycles. The highest BCUT2D eigenvalue weighted by atomic mass is 16.1. The number of carbonyl (C=O) groups excluding carboxylic acids is 1. The van der Waals surface area contributed by atoms with Crippen molar-refractivity contribution in [3.8, 4) is 11.3 Å². The van der Waals surface area contributed by atoms with E-state index in [2.05, 4.69) is 31.8 Å². The van der Waals surface area contributed by atoms with Crippen LogP contribution in [0.5, 0.6) is 0 Å². The quantitative estimate of drug-likeness (QED) is 0.441. The summed E-state index contributed by atoms with van der Waals surface area (Å²) in [7, 11) is 4.12. The number of aromatic nitrogens is 5. The maximum absolute atomic E-state index is 13.0. The topological polar surface area (TPSA) is 80.0 Å². The summed E-state index contributed by atoms with van der Waals surface area (Å²) in [5, 5.41) is 0.940. The van der Waals surface area contributed by atoms with Crippen LogP contribution in [0.2, 0.25) is 0 Å². The summed E-state index contributed by atoms with van der Waals surface area (Å²) in [6.45, 7) is 5.78. The van der Waals surface area contributed by atoms with Gasteiger partial charge in [-0.15, -0.1) is 0 Å². The van der Waals surface area contributed by atoms with Crippen LogP contribution in [0.25, 0.3) is 22.2 Å². The first-order valence-electron chi connectivity index (χ1n) is 11.1. The molecule has 4 heterocycles. The number of ketones is 1. The first-order valence-corrected chi connectivity index (χ1v) is 11.1. The molecule has 0 atom stereocenters. The molecule has 1 saturated heterocycles. The van der Waals surface area contributed by atoms with Crippen molar-refractivity contribution in [3.63, 3.8) is 0 Å². The molecule has 0 N–H and O–H groups in total. The molecule has 0 spiro atoms. The van der Waals surface area contributed by atoms with Gasteiger partial charge in [0.05, 0.1) is 23.8 Å². The van der Waals surface area contributed by atoms with E-state index in [0.717, 1.165) is 60.0 Å². The summed E-state index contributed by atoms with van der Waals surface area (Å²) in [5.74, 6) is 2.31. The molecule has 0 unspecified atom stereocenters. The van der Waals surface area contributed by atoms with E-state index in [1.807, 2.05) is 49.0 Å². The van der Waals surface area contributed by atoms with Crippen molar-refractivity contribution < 1.29 is 4.79 Å². The lowest BCUT2D eigenvalue weighted by molar-refractivity contribution is 0.0991. The number of imidazole rings is 1. The lowest BCUT2D eigenvalue weighted by atomic mass is 10.1. The van der Waals surface area contributed by atoms with Crippen molar-refractivity contribution in [2.75, 3.05) is 38.1 Å². The maximum atomic E-state index is 13.0. The third-order valence-corrected chi connectivity index (χ3v) is 6.36. The molecule has 5 rings (SSSR count). The van der Waals surface area contributed by atoms with Crippen LogP contribution in [0.4, 0.5) is 5.82 Å². The first kappa shape index (κ1) is 21.2. The van der Waals surface area contributed by atoms with E-state index >= 15 is 0 Å². The molecular weight excluding hydrogens is 414 g/mol. The van der Waals surface area contributed by atoms with E-state index in [-0.39, 0.29) is 12.2 Å². The fraction of sp³-hybridized carbons (Fsp3) is 0.320. The van der Waals surface area contributed by atoms with Crippen molar-refractivity contribution in [1.29, 1.82) is 0 Å². The average molecular weight is 442 g/mol. The molecule has 1 aliphatic heterocycles.